The average molecular weight is 336 g/mol. The van der Waals surface area contributed by atoms with Gasteiger partial charge in [-0.3, -0.25) is 10.1 Å². The quantitative estimate of drug-likeness (QED) is 0.403. The van der Waals surface area contributed by atoms with Gasteiger partial charge in [-0.2, -0.15) is 0 Å². The Hall–Kier alpha value is -2.99. The number of aromatic hydroxyl groups is 1. The summed E-state index contributed by atoms with van der Waals surface area (Å²) >= 11 is 1.40. The summed E-state index contributed by atoms with van der Waals surface area (Å²) in [6.07, 6.45) is 1.81. The lowest BCUT2D eigenvalue weighted by Crippen LogP contribution is -1.86. The number of hydrogen-bond donors (Lipinski definition) is 2. The Bertz CT molecular complexity index is 1090. The van der Waals surface area contributed by atoms with Crippen LogP contribution in [0.25, 0.3) is 21.7 Å². The van der Waals surface area contributed by atoms with Crippen molar-refractivity contribution in [2.45, 2.75) is 9.79 Å². The minimum absolute atomic E-state index is 0.0473. The van der Waals surface area contributed by atoms with Crippen molar-refractivity contribution in [3.63, 3.8) is 0 Å². The van der Waals surface area contributed by atoms with Gasteiger partial charge >= 0.3 is 0 Å². The number of H-pyrrole nitrogens is 1. The number of nitro benzene ring substituents is 1. The molecule has 0 spiro atoms. The van der Waals surface area contributed by atoms with E-state index in [2.05, 4.69) is 4.98 Å². The SMILES string of the molecule is O=[N+]([O-])c1ccc2[nH]cc(Sc3c(O)ccc4ccccc34)c2c1. The van der Waals surface area contributed by atoms with E-state index in [0.717, 1.165) is 31.5 Å². The van der Waals surface area contributed by atoms with Crippen molar-refractivity contribution in [2.75, 3.05) is 0 Å². The van der Waals surface area contributed by atoms with Crippen LogP contribution in [0.1, 0.15) is 0 Å². The van der Waals surface area contributed by atoms with Gasteiger partial charge in [-0.1, -0.05) is 42.1 Å². The van der Waals surface area contributed by atoms with Crippen LogP contribution in [0.5, 0.6) is 5.75 Å². The van der Waals surface area contributed by atoms with Crippen molar-refractivity contribution >= 4 is 39.1 Å². The Labute approximate surface area is 141 Å². The number of hydrogen-bond acceptors (Lipinski definition) is 4. The molecule has 4 rings (SSSR count). The summed E-state index contributed by atoms with van der Waals surface area (Å²) in [5.74, 6) is 0.193. The maximum absolute atomic E-state index is 11.0. The Morgan fingerprint density at radius 3 is 2.71 bits per heavy atom. The zero-order valence-electron chi connectivity index (χ0n) is 12.4. The number of nitro groups is 1. The normalized spacial score (nSPS) is 11.2. The molecule has 0 aliphatic carbocycles. The molecule has 24 heavy (non-hydrogen) atoms. The number of rotatable bonds is 3. The highest BCUT2D eigenvalue weighted by Crippen LogP contribution is 2.42. The first kappa shape index (κ1) is 14.6. The van der Waals surface area contributed by atoms with Crippen LogP contribution in [0.4, 0.5) is 5.69 Å². The molecule has 0 atom stereocenters. The van der Waals surface area contributed by atoms with E-state index in [1.807, 2.05) is 30.3 Å². The maximum Gasteiger partial charge on any atom is 0.270 e. The number of benzene rings is 3. The Balaban J connectivity index is 1.87. The highest BCUT2D eigenvalue weighted by Gasteiger charge is 2.14. The molecule has 0 unspecified atom stereocenters. The highest BCUT2D eigenvalue weighted by molar-refractivity contribution is 8.00. The molecule has 0 aliphatic heterocycles. The molecule has 0 aliphatic rings. The molecule has 0 bridgehead atoms. The van der Waals surface area contributed by atoms with Gasteiger partial charge in [-0.15, -0.1) is 0 Å². The monoisotopic (exact) mass is 336 g/mol. The lowest BCUT2D eigenvalue weighted by molar-refractivity contribution is -0.384. The van der Waals surface area contributed by atoms with E-state index in [1.165, 1.54) is 17.8 Å². The lowest BCUT2D eigenvalue weighted by Gasteiger charge is -2.08. The second-order valence-electron chi connectivity index (χ2n) is 5.38. The molecule has 0 amide bonds. The molecular weight excluding hydrogens is 324 g/mol. The van der Waals surface area contributed by atoms with Gasteiger partial charge in [0, 0.05) is 34.1 Å². The minimum atomic E-state index is -0.406. The smallest absolute Gasteiger partial charge is 0.270 e. The molecule has 0 radical (unpaired) electrons. The van der Waals surface area contributed by atoms with Crippen LogP contribution >= 0.6 is 11.8 Å². The molecule has 5 nitrogen and oxygen atoms in total. The topological polar surface area (TPSA) is 79.2 Å². The molecule has 0 fully saturated rings. The molecule has 3 aromatic carbocycles. The van der Waals surface area contributed by atoms with Crippen LogP contribution < -0.4 is 0 Å². The van der Waals surface area contributed by atoms with Gasteiger partial charge in [0.1, 0.15) is 5.75 Å². The second-order valence-corrected chi connectivity index (χ2v) is 6.43. The van der Waals surface area contributed by atoms with Crippen molar-refractivity contribution in [3.8, 4) is 5.75 Å². The van der Waals surface area contributed by atoms with Crippen LogP contribution in [-0.2, 0) is 0 Å². The molecule has 4 aromatic rings. The molecular formula is C18H12N2O3S. The number of nitrogens with one attached hydrogen (secondary N) is 1. The summed E-state index contributed by atoms with van der Waals surface area (Å²) in [5.41, 5.74) is 0.869. The third-order valence-corrected chi connectivity index (χ3v) is 5.10. The predicted molar refractivity (Wildman–Crippen MR) is 94.7 cm³/mol. The zero-order valence-corrected chi connectivity index (χ0v) is 13.2. The van der Waals surface area contributed by atoms with E-state index in [1.54, 1.807) is 24.4 Å². The number of non-ortho nitro benzene ring substituents is 1. The Kier molecular flexibility index (Phi) is 3.39. The van der Waals surface area contributed by atoms with Gasteiger partial charge < -0.3 is 10.1 Å². The fourth-order valence-electron chi connectivity index (χ4n) is 2.73. The largest absolute Gasteiger partial charge is 0.507 e. The van der Waals surface area contributed by atoms with E-state index in [0.29, 0.717) is 0 Å². The third-order valence-electron chi connectivity index (χ3n) is 3.91. The van der Waals surface area contributed by atoms with E-state index in [4.69, 9.17) is 0 Å². The first-order chi connectivity index (χ1) is 11.6. The van der Waals surface area contributed by atoms with Crippen molar-refractivity contribution in [1.82, 2.24) is 4.98 Å². The first-order valence-electron chi connectivity index (χ1n) is 7.27. The number of aromatic nitrogens is 1. The van der Waals surface area contributed by atoms with E-state index in [9.17, 15) is 15.2 Å². The van der Waals surface area contributed by atoms with Crippen LogP contribution in [0.15, 0.2) is 70.6 Å². The van der Waals surface area contributed by atoms with Gasteiger partial charge in [-0.25, -0.2) is 0 Å². The molecule has 2 N–H and O–H groups in total. The number of fused-ring (bicyclic) bond motifs is 2. The van der Waals surface area contributed by atoms with Gasteiger partial charge in [-0.05, 0) is 22.9 Å². The Morgan fingerprint density at radius 2 is 1.88 bits per heavy atom. The summed E-state index contributed by atoms with van der Waals surface area (Å²) < 4.78 is 0. The van der Waals surface area contributed by atoms with Crippen LogP contribution in [0.2, 0.25) is 0 Å². The van der Waals surface area contributed by atoms with E-state index >= 15 is 0 Å². The summed E-state index contributed by atoms with van der Waals surface area (Å²) in [4.78, 5) is 15.3. The summed E-state index contributed by atoms with van der Waals surface area (Å²) in [6.45, 7) is 0. The van der Waals surface area contributed by atoms with E-state index in [-0.39, 0.29) is 11.4 Å². The van der Waals surface area contributed by atoms with Crippen molar-refractivity contribution < 1.29 is 10.0 Å². The van der Waals surface area contributed by atoms with Crippen LogP contribution in [0, 0.1) is 10.1 Å². The number of aromatic amines is 1. The molecule has 1 aromatic heterocycles. The van der Waals surface area contributed by atoms with Crippen molar-refractivity contribution in [1.29, 1.82) is 0 Å². The first-order valence-corrected chi connectivity index (χ1v) is 8.09. The molecule has 1 heterocycles. The van der Waals surface area contributed by atoms with E-state index < -0.39 is 4.92 Å². The van der Waals surface area contributed by atoms with Gasteiger partial charge in [0.2, 0.25) is 0 Å². The van der Waals surface area contributed by atoms with Crippen LogP contribution in [0.3, 0.4) is 0 Å². The lowest BCUT2D eigenvalue weighted by atomic mass is 10.1. The molecule has 0 saturated carbocycles. The highest BCUT2D eigenvalue weighted by atomic mass is 32.2. The van der Waals surface area contributed by atoms with Crippen molar-refractivity contribution in [3.05, 3.63) is 70.9 Å². The summed E-state index contributed by atoms with van der Waals surface area (Å²) in [7, 11) is 0. The minimum Gasteiger partial charge on any atom is -0.507 e. The third kappa shape index (κ3) is 2.37. The number of nitrogens with zero attached hydrogens (tertiary/aromatic N) is 1. The molecule has 0 saturated heterocycles. The number of phenolic OH excluding ortho intramolecular Hbond substituents is 1. The fraction of sp³-hybridized carbons (Fsp3) is 0. The second kappa shape index (κ2) is 5.58. The van der Waals surface area contributed by atoms with Crippen LogP contribution in [-0.4, -0.2) is 15.0 Å². The zero-order chi connectivity index (χ0) is 16.7. The van der Waals surface area contributed by atoms with Crippen molar-refractivity contribution in [2.24, 2.45) is 0 Å². The fourth-order valence-corrected chi connectivity index (χ4v) is 3.81. The molecule has 118 valence electrons. The van der Waals surface area contributed by atoms with Gasteiger partial charge in [0.05, 0.1) is 9.82 Å². The Morgan fingerprint density at radius 1 is 1.04 bits per heavy atom. The maximum atomic E-state index is 11.0. The predicted octanol–water partition coefficient (Wildman–Crippen LogP) is 5.09. The van der Waals surface area contributed by atoms with Gasteiger partial charge in [0.15, 0.2) is 0 Å². The standard InChI is InChI=1S/C18H12N2O3S/c21-16-8-5-11-3-1-2-4-13(11)18(16)24-17-10-19-15-7-6-12(20(22)23)9-14(15)17/h1-10,19,21H. The average Bonchev–Trinajstić information content (AvgIpc) is 2.99. The summed E-state index contributed by atoms with van der Waals surface area (Å²) in [6, 6.07) is 16.1. The number of phenols is 1. The molecule has 6 heteroatoms. The van der Waals surface area contributed by atoms with Gasteiger partial charge in [0.25, 0.3) is 5.69 Å². The summed E-state index contributed by atoms with van der Waals surface area (Å²) in [5, 5.41) is 24.0.